The smallest absolute Gasteiger partial charge is 0.225 e. The molecule has 4 aromatic rings. The fourth-order valence-electron chi connectivity index (χ4n) is 3.73. The Hall–Kier alpha value is -2.50. The third-order valence-electron chi connectivity index (χ3n) is 5.09. The molecule has 1 saturated heterocycles. The molecule has 0 spiro atoms. The Balaban J connectivity index is 1.36. The lowest BCUT2D eigenvalue weighted by Crippen LogP contribution is -2.46. The van der Waals surface area contributed by atoms with Crippen LogP contribution in [-0.4, -0.2) is 41.0 Å². The third kappa shape index (κ3) is 2.83. The lowest BCUT2D eigenvalue weighted by atomic mass is 10.1. The number of benzene rings is 2. The van der Waals surface area contributed by atoms with Gasteiger partial charge < -0.3 is 4.90 Å². The highest BCUT2D eigenvalue weighted by atomic mass is 32.1. The molecule has 1 aliphatic rings. The first-order valence-corrected chi connectivity index (χ1v) is 9.83. The summed E-state index contributed by atoms with van der Waals surface area (Å²) in [6.07, 6.45) is 3.63. The van der Waals surface area contributed by atoms with E-state index in [2.05, 4.69) is 62.2 Å². The zero-order valence-electron chi connectivity index (χ0n) is 14.5. The molecule has 0 atom stereocenters. The van der Waals surface area contributed by atoms with Crippen LogP contribution in [0.3, 0.4) is 0 Å². The van der Waals surface area contributed by atoms with Crippen LogP contribution in [0.1, 0.15) is 5.56 Å². The number of hydrogen-bond acceptors (Lipinski definition) is 5. The Labute approximate surface area is 156 Å². The Bertz CT molecular complexity index is 1040. The van der Waals surface area contributed by atoms with E-state index in [1.165, 1.54) is 25.7 Å². The van der Waals surface area contributed by atoms with Gasteiger partial charge in [0, 0.05) is 65.3 Å². The Morgan fingerprint density at radius 2 is 1.58 bits per heavy atom. The van der Waals surface area contributed by atoms with Gasteiger partial charge >= 0.3 is 0 Å². The monoisotopic (exact) mass is 360 g/mol. The zero-order valence-corrected chi connectivity index (χ0v) is 15.3. The number of hydrogen-bond donors (Lipinski definition) is 0. The molecule has 5 heteroatoms. The van der Waals surface area contributed by atoms with Gasteiger partial charge in [-0.2, -0.15) is 0 Å². The van der Waals surface area contributed by atoms with Crippen LogP contribution in [0.25, 0.3) is 20.2 Å². The van der Waals surface area contributed by atoms with E-state index < -0.39 is 0 Å². The zero-order chi connectivity index (χ0) is 17.3. The molecule has 1 fully saturated rings. The second-order valence-corrected chi connectivity index (χ2v) is 7.76. The highest BCUT2D eigenvalue weighted by Crippen LogP contribution is 2.36. The molecular weight excluding hydrogens is 340 g/mol. The maximum atomic E-state index is 4.37. The normalized spacial score (nSPS) is 15.8. The van der Waals surface area contributed by atoms with Crippen LogP contribution in [-0.2, 0) is 6.54 Å². The topological polar surface area (TPSA) is 32.3 Å². The van der Waals surface area contributed by atoms with Gasteiger partial charge in [0.25, 0.3) is 0 Å². The first-order valence-electron chi connectivity index (χ1n) is 9.02. The van der Waals surface area contributed by atoms with Crippen molar-refractivity contribution in [1.82, 2.24) is 14.9 Å². The van der Waals surface area contributed by atoms with Crippen molar-refractivity contribution in [2.24, 2.45) is 0 Å². The minimum atomic E-state index is 0.846. The van der Waals surface area contributed by atoms with Crippen molar-refractivity contribution in [2.75, 3.05) is 31.1 Å². The maximum Gasteiger partial charge on any atom is 0.225 e. The molecule has 0 bridgehead atoms. The van der Waals surface area contributed by atoms with Crippen molar-refractivity contribution in [1.29, 1.82) is 0 Å². The Morgan fingerprint density at radius 1 is 0.808 bits per heavy atom. The van der Waals surface area contributed by atoms with Crippen LogP contribution >= 0.6 is 11.3 Å². The molecule has 0 saturated carbocycles. The Morgan fingerprint density at radius 3 is 2.42 bits per heavy atom. The maximum absolute atomic E-state index is 4.37. The molecule has 0 aliphatic carbocycles. The summed E-state index contributed by atoms with van der Waals surface area (Å²) in [6.45, 7) is 5.05. The lowest BCUT2D eigenvalue weighted by molar-refractivity contribution is 0.249. The first-order chi connectivity index (χ1) is 12.9. The van der Waals surface area contributed by atoms with Crippen LogP contribution in [0.4, 0.5) is 5.95 Å². The summed E-state index contributed by atoms with van der Waals surface area (Å²) in [5.41, 5.74) is 1.44. The molecule has 3 heterocycles. The van der Waals surface area contributed by atoms with Gasteiger partial charge in [-0.25, -0.2) is 9.97 Å². The van der Waals surface area contributed by atoms with Gasteiger partial charge in [-0.3, -0.25) is 4.90 Å². The van der Waals surface area contributed by atoms with E-state index in [0.717, 1.165) is 38.7 Å². The molecule has 2 aromatic heterocycles. The number of nitrogens with zero attached hydrogens (tertiary/aromatic N) is 4. The fraction of sp³-hybridized carbons (Fsp3) is 0.238. The summed E-state index contributed by atoms with van der Waals surface area (Å²) < 4.78 is 2.81. The molecule has 0 radical (unpaired) electrons. The number of anilines is 1. The van der Waals surface area contributed by atoms with E-state index in [-0.39, 0.29) is 0 Å². The van der Waals surface area contributed by atoms with E-state index in [1.807, 2.05) is 29.8 Å². The fourth-order valence-corrected chi connectivity index (χ4v) is 4.94. The van der Waals surface area contributed by atoms with Crippen LogP contribution < -0.4 is 4.90 Å². The number of aromatic nitrogens is 2. The molecule has 0 unspecified atom stereocenters. The van der Waals surface area contributed by atoms with Crippen molar-refractivity contribution >= 4 is 37.5 Å². The van der Waals surface area contributed by atoms with Crippen LogP contribution in [0, 0.1) is 0 Å². The standard InChI is InChI=1S/C21H20N4S/c1-2-8-19-17(6-1)18-7-3-5-16(20(18)26-19)15-24-11-13-25(14-12-24)21-22-9-4-10-23-21/h1-10H,11-15H2. The Kier molecular flexibility index (Phi) is 4.03. The van der Waals surface area contributed by atoms with Crippen molar-refractivity contribution in [3.63, 3.8) is 0 Å². The molecule has 130 valence electrons. The van der Waals surface area contributed by atoms with Crippen molar-refractivity contribution in [3.05, 3.63) is 66.5 Å². The van der Waals surface area contributed by atoms with Gasteiger partial charge in [-0.05, 0) is 17.7 Å². The first kappa shape index (κ1) is 15.7. The summed E-state index contributed by atoms with van der Waals surface area (Å²) in [5, 5.41) is 2.76. The minimum absolute atomic E-state index is 0.846. The van der Waals surface area contributed by atoms with Gasteiger partial charge in [0.15, 0.2) is 0 Å². The van der Waals surface area contributed by atoms with Crippen molar-refractivity contribution in [3.8, 4) is 0 Å². The van der Waals surface area contributed by atoms with Gasteiger partial charge in [0.2, 0.25) is 5.95 Å². The lowest BCUT2D eigenvalue weighted by Gasteiger charge is -2.34. The van der Waals surface area contributed by atoms with Gasteiger partial charge in [-0.1, -0.05) is 36.4 Å². The minimum Gasteiger partial charge on any atom is -0.338 e. The van der Waals surface area contributed by atoms with E-state index in [1.54, 1.807) is 0 Å². The van der Waals surface area contributed by atoms with E-state index in [0.29, 0.717) is 0 Å². The average Bonchev–Trinajstić information content (AvgIpc) is 3.09. The van der Waals surface area contributed by atoms with Crippen LogP contribution in [0.5, 0.6) is 0 Å². The molecular formula is C21H20N4S. The van der Waals surface area contributed by atoms with Crippen LogP contribution in [0.15, 0.2) is 60.9 Å². The van der Waals surface area contributed by atoms with Crippen LogP contribution in [0.2, 0.25) is 0 Å². The summed E-state index contributed by atoms with van der Waals surface area (Å²) in [6, 6.07) is 17.3. The largest absolute Gasteiger partial charge is 0.338 e. The van der Waals surface area contributed by atoms with E-state index in [4.69, 9.17) is 0 Å². The number of thiophene rings is 1. The quantitative estimate of drug-likeness (QED) is 0.549. The number of fused-ring (bicyclic) bond motifs is 3. The van der Waals surface area contributed by atoms with E-state index in [9.17, 15) is 0 Å². The van der Waals surface area contributed by atoms with Crippen molar-refractivity contribution in [2.45, 2.75) is 6.54 Å². The molecule has 4 nitrogen and oxygen atoms in total. The molecule has 0 amide bonds. The molecule has 5 rings (SSSR count). The highest BCUT2D eigenvalue weighted by Gasteiger charge is 2.19. The average molecular weight is 360 g/mol. The number of rotatable bonds is 3. The van der Waals surface area contributed by atoms with E-state index >= 15 is 0 Å². The highest BCUT2D eigenvalue weighted by molar-refractivity contribution is 7.26. The molecule has 26 heavy (non-hydrogen) atoms. The summed E-state index contributed by atoms with van der Waals surface area (Å²) in [5.74, 6) is 0.846. The summed E-state index contributed by atoms with van der Waals surface area (Å²) in [7, 11) is 0. The SMILES string of the molecule is c1cnc(N2CCN(Cc3cccc4c3sc3ccccc34)CC2)nc1. The second-order valence-electron chi connectivity index (χ2n) is 6.70. The van der Waals surface area contributed by atoms with Gasteiger partial charge in [0.1, 0.15) is 0 Å². The van der Waals surface area contributed by atoms with Crippen molar-refractivity contribution < 1.29 is 0 Å². The second kappa shape index (κ2) is 6.67. The summed E-state index contributed by atoms with van der Waals surface area (Å²) >= 11 is 1.92. The van der Waals surface area contributed by atoms with Gasteiger partial charge in [0.05, 0.1) is 0 Å². The number of piperazine rings is 1. The molecule has 2 aromatic carbocycles. The summed E-state index contributed by atoms with van der Waals surface area (Å²) in [4.78, 5) is 13.6. The third-order valence-corrected chi connectivity index (χ3v) is 6.35. The molecule has 0 N–H and O–H groups in total. The molecule has 1 aliphatic heterocycles. The predicted molar refractivity (Wildman–Crippen MR) is 109 cm³/mol. The predicted octanol–water partition coefficient (Wildman–Crippen LogP) is 4.17. The van der Waals surface area contributed by atoms with Gasteiger partial charge in [-0.15, -0.1) is 11.3 Å².